The Morgan fingerprint density at radius 3 is 2.41 bits per heavy atom. The summed E-state index contributed by atoms with van der Waals surface area (Å²) < 4.78 is 11.8. The molecule has 1 aliphatic heterocycles. The van der Waals surface area contributed by atoms with Crippen LogP contribution in [0.3, 0.4) is 0 Å². The molecule has 1 aliphatic rings. The quantitative estimate of drug-likeness (QED) is 0.318. The van der Waals surface area contributed by atoms with Crippen molar-refractivity contribution in [1.29, 1.82) is 0 Å². The lowest BCUT2D eigenvalue weighted by molar-refractivity contribution is 0.145. The van der Waals surface area contributed by atoms with Crippen LogP contribution in [0.2, 0.25) is 0 Å². The molecule has 3 heterocycles. The van der Waals surface area contributed by atoms with Crippen molar-refractivity contribution in [2.45, 2.75) is 27.3 Å². The van der Waals surface area contributed by atoms with Crippen molar-refractivity contribution in [3.8, 4) is 22.8 Å². The molecular weight excluding hydrogens is 484 g/mol. The number of nitrogens with one attached hydrogen (secondary N) is 1. The van der Waals surface area contributed by atoms with Gasteiger partial charge in [0.25, 0.3) is 0 Å². The number of hydrogen-bond acceptors (Lipinski definition) is 9. The molecule has 1 N–H and O–H groups in total. The van der Waals surface area contributed by atoms with Gasteiger partial charge in [-0.05, 0) is 46.0 Å². The van der Waals surface area contributed by atoms with Crippen molar-refractivity contribution in [2.24, 2.45) is 0 Å². The molecule has 2 aromatic heterocycles. The Kier molecular flexibility index (Phi) is 7.83. The maximum atomic E-state index is 5.92. The summed E-state index contributed by atoms with van der Waals surface area (Å²) in [6.45, 7) is 11.9. The number of fused-ring (bicyclic) bond motifs is 1. The number of piperazine rings is 1. The Morgan fingerprint density at radius 1 is 0.946 bits per heavy atom. The number of thiazole rings is 1. The molecule has 9 heteroatoms. The molecule has 37 heavy (non-hydrogen) atoms. The van der Waals surface area contributed by atoms with Crippen LogP contribution in [0.1, 0.15) is 24.7 Å². The van der Waals surface area contributed by atoms with E-state index in [9.17, 15) is 0 Å². The van der Waals surface area contributed by atoms with E-state index in [0.29, 0.717) is 31.3 Å². The van der Waals surface area contributed by atoms with Gasteiger partial charge in [-0.15, -0.1) is 11.3 Å². The van der Waals surface area contributed by atoms with E-state index in [0.717, 1.165) is 70.7 Å². The Bertz CT molecular complexity index is 1370. The number of hydrogen-bond donors (Lipinski definition) is 1. The second-order valence-corrected chi connectivity index (χ2v) is 10.3. The van der Waals surface area contributed by atoms with Gasteiger partial charge in [-0.3, -0.25) is 4.90 Å². The lowest BCUT2D eigenvalue weighted by Gasteiger charge is -2.31. The lowest BCUT2D eigenvalue weighted by Crippen LogP contribution is -2.44. The summed E-state index contributed by atoms with van der Waals surface area (Å²) >= 11 is 1.66. The second-order valence-electron chi connectivity index (χ2n) is 9.21. The number of ether oxygens (including phenoxy) is 2. The topological polar surface area (TPSA) is 75.6 Å². The molecule has 2 aromatic carbocycles. The molecule has 194 valence electrons. The maximum absolute atomic E-state index is 5.92. The molecule has 0 unspecified atom stereocenters. The molecule has 0 aliphatic carbocycles. The van der Waals surface area contributed by atoms with Crippen LogP contribution in [0.4, 0.5) is 11.5 Å². The fourth-order valence-electron chi connectivity index (χ4n) is 4.48. The van der Waals surface area contributed by atoms with Crippen molar-refractivity contribution >= 4 is 33.7 Å². The highest BCUT2D eigenvalue weighted by atomic mass is 32.1. The van der Waals surface area contributed by atoms with Crippen LogP contribution < -0.4 is 14.8 Å². The van der Waals surface area contributed by atoms with Gasteiger partial charge in [0.05, 0.1) is 36.0 Å². The summed E-state index contributed by atoms with van der Waals surface area (Å²) in [6.07, 6.45) is 0. The summed E-state index contributed by atoms with van der Waals surface area (Å²) in [7, 11) is 2.16. The monoisotopic (exact) mass is 518 g/mol. The molecule has 8 nitrogen and oxygen atoms in total. The third-order valence-corrected chi connectivity index (χ3v) is 7.18. The average Bonchev–Trinajstić information content (AvgIpc) is 3.33. The van der Waals surface area contributed by atoms with E-state index in [-0.39, 0.29) is 0 Å². The zero-order valence-corrected chi connectivity index (χ0v) is 22.8. The zero-order valence-electron chi connectivity index (χ0n) is 22.0. The molecule has 0 amide bonds. The van der Waals surface area contributed by atoms with Crippen molar-refractivity contribution in [3.63, 3.8) is 0 Å². The van der Waals surface area contributed by atoms with E-state index in [4.69, 9.17) is 19.4 Å². The first kappa shape index (κ1) is 25.4. The van der Waals surface area contributed by atoms with Crippen LogP contribution in [0.25, 0.3) is 22.2 Å². The Labute approximate surface area is 222 Å². The minimum atomic E-state index is 0.547. The smallest absolute Gasteiger partial charge is 0.163 e. The number of anilines is 2. The summed E-state index contributed by atoms with van der Waals surface area (Å²) in [5.41, 5.74) is 3.83. The zero-order chi connectivity index (χ0) is 25.8. The normalized spacial score (nSPS) is 14.7. The number of aromatic nitrogens is 3. The number of aryl methyl sites for hydroxylation is 1. The van der Waals surface area contributed by atoms with Gasteiger partial charge in [0.2, 0.25) is 0 Å². The Morgan fingerprint density at radius 2 is 1.70 bits per heavy atom. The van der Waals surface area contributed by atoms with Crippen LogP contribution in [0.5, 0.6) is 11.5 Å². The molecule has 1 saturated heterocycles. The minimum absolute atomic E-state index is 0.547. The molecule has 5 rings (SSSR count). The van der Waals surface area contributed by atoms with Crippen LogP contribution in [-0.2, 0) is 6.54 Å². The predicted octanol–water partition coefficient (Wildman–Crippen LogP) is 5.35. The van der Waals surface area contributed by atoms with Crippen LogP contribution >= 0.6 is 11.3 Å². The third kappa shape index (κ3) is 6.01. The van der Waals surface area contributed by atoms with E-state index in [1.165, 1.54) is 0 Å². The SMILES string of the molecule is CCOc1cc2nc(CN3CCN(C)CC3)nc(Nc3cccc(-c4csc(C)n4)c3)c2cc1OCC. The highest BCUT2D eigenvalue weighted by Crippen LogP contribution is 2.36. The van der Waals surface area contributed by atoms with Gasteiger partial charge in [0, 0.05) is 54.3 Å². The average molecular weight is 519 g/mol. The van der Waals surface area contributed by atoms with Crippen molar-refractivity contribution < 1.29 is 9.47 Å². The molecule has 0 atom stereocenters. The number of likely N-dealkylation sites (N-methyl/N-ethyl adjacent to an activating group) is 1. The Hall–Kier alpha value is -3.27. The van der Waals surface area contributed by atoms with Crippen molar-refractivity contribution in [3.05, 3.63) is 52.6 Å². The van der Waals surface area contributed by atoms with Gasteiger partial charge in [-0.2, -0.15) is 0 Å². The third-order valence-electron chi connectivity index (χ3n) is 6.41. The van der Waals surface area contributed by atoms with E-state index in [1.54, 1.807) is 11.3 Å². The predicted molar refractivity (Wildman–Crippen MR) is 150 cm³/mol. The van der Waals surface area contributed by atoms with Crippen molar-refractivity contribution in [1.82, 2.24) is 24.8 Å². The van der Waals surface area contributed by atoms with E-state index < -0.39 is 0 Å². The summed E-state index contributed by atoms with van der Waals surface area (Å²) in [5, 5.41) is 7.61. The minimum Gasteiger partial charge on any atom is -0.490 e. The lowest BCUT2D eigenvalue weighted by atomic mass is 10.1. The fourth-order valence-corrected chi connectivity index (χ4v) is 5.10. The molecule has 0 radical (unpaired) electrons. The van der Waals surface area contributed by atoms with E-state index in [2.05, 4.69) is 50.7 Å². The van der Waals surface area contributed by atoms with Gasteiger partial charge < -0.3 is 19.7 Å². The molecule has 0 spiro atoms. The fraction of sp³-hybridized carbons (Fsp3) is 0.393. The largest absolute Gasteiger partial charge is 0.490 e. The first-order valence-electron chi connectivity index (χ1n) is 12.8. The van der Waals surface area contributed by atoms with Gasteiger partial charge >= 0.3 is 0 Å². The highest BCUT2D eigenvalue weighted by Gasteiger charge is 2.18. The van der Waals surface area contributed by atoms with Gasteiger partial charge in [-0.25, -0.2) is 15.0 Å². The molecule has 0 bridgehead atoms. The Balaban J connectivity index is 1.54. The molecule has 1 fully saturated rings. The number of nitrogens with zero attached hydrogens (tertiary/aromatic N) is 5. The standard InChI is InChI=1S/C28H34N6O2S/c1-5-35-25-15-22-23(16-26(25)36-6-2)31-27(17-34-12-10-33(4)11-13-34)32-28(22)30-21-9-7-8-20(14-21)24-18-37-19(3)29-24/h7-9,14-16,18H,5-6,10-13,17H2,1-4H3,(H,30,31,32). The number of benzene rings is 2. The van der Waals surface area contributed by atoms with E-state index >= 15 is 0 Å². The summed E-state index contributed by atoms with van der Waals surface area (Å²) in [6, 6.07) is 12.2. The van der Waals surface area contributed by atoms with E-state index in [1.807, 2.05) is 39.0 Å². The molecular formula is C28H34N6O2S. The molecule has 0 saturated carbocycles. The second kappa shape index (κ2) is 11.4. The van der Waals surface area contributed by atoms with Crippen molar-refractivity contribution in [2.75, 3.05) is 51.8 Å². The number of rotatable bonds is 9. The maximum Gasteiger partial charge on any atom is 0.163 e. The molecule has 4 aromatic rings. The first-order chi connectivity index (χ1) is 18.0. The van der Waals surface area contributed by atoms with Gasteiger partial charge in [0.1, 0.15) is 11.6 Å². The first-order valence-corrected chi connectivity index (χ1v) is 13.7. The van der Waals surface area contributed by atoms with Crippen LogP contribution in [0, 0.1) is 6.92 Å². The van der Waals surface area contributed by atoms with Crippen LogP contribution in [-0.4, -0.2) is 71.2 Å². The van der Waals surface area contributed by atoms with Gasteiger partial charge in [-0.1, -0.05) is 12.1 Å². The highest BCUT2D eigenvalue weighted by molar-refractivity contribution is 7.09. The summed E-state index contributed by atoms with van der Waals surface area (Å²) in [5.74, 6) is 2.94. The van der Waals surface area contributed by atoms with Gasteiger partial charge in [0.15, 0.2) is 11.5 Å². The van der Waals surface area contributed by atoms with Crippen LogP contribution in [0.15, 0.2) is 41.8 Å². The summed E-state index contributed by atoms with van der Waals surface area (Å²) in [4.78, 5) is 19.4.